The average Bonchev–Trinajstić information content (AvgIpc) is 2.91. The van der Waals surface area contributed by atoms with E-state index in [1.807, 2.05) is 36.3 Å². The topological polar surface area (TPSA) is 46.3 Å². The number of aromatic nitrogens is 4. The quantitative estimate of drug-likeness (QED) is 0.739. The van der Waals surface area contributed by atoms with Crippen LogP contribution in [0.1, 0.15) is 31.0 Å². The maximum absolute atomic E-state index is 6.11. The van der Waals surface area contributed by atoms with Crippen molar-refractivity contribution in [1.82, 2.24) is 19.6 Å². The Balaban J connectivity index is 2.03. The molecule has 1 aromatic carbocycles. The molecule has 0 aliphatic rings. The third-order valence-electron chi connectivity index (χ3n) is 3.56. The van der Waals surface area contributed by atoms with Crippen LogP contribution in [0.4, 0.5) is 5.82 Å². The molecule has 0 saturated carbocycles. The van der Waals surface area contributed by atoms with Crippen LogP contribution in [0, 0.1) is 0 Å². The number of hydrogen-bond donors (Lipinski definition) is 0. The fourth-order valence-electron chi connectivity index (χ4n) is 2.44. The Bertz CT molecular complexity index is 782. The molecular formula is C16H18ClN5. The summed E-state index contributed by atoms with van der Waals surface area (Å²) in [7, 11) is 1.98. The summed E-state index contributed by atoms with van der Waals surface area (Å²) < 4.78 is 1.79. The van der Waals surface area contributed by atoms with E-state index in [0.29, 0.717) is 5.92 Å². The molecule has 0 bridgehead atoms. The van der Waals surface area contributed by atoms with Crippen molar-refractivity contribution in [3.63, 3.8) is 0 Å². The summed E-state index contributed by atoms with van der Waals surface area (Å²) in [5.74, 6) is 1.05. The van der Waals surface area contributed by atoms with Crippen LogP contribution in [0.5, 0.6) is 0 Å². The standard InChI is InChI=1S/C16H18ClN5/c1-11(2)13-9-18-14-15(19-16(17)20-22(13)14)21(3)10-12-7-5-4-6-8-12/h4-9,11H,10H2,1-3H3. The van der Waals surface area contributed by atoms with Crippen molar-refractivity contribution in [2.45, 2.75) is 26.3 Å². The van der Waals surface area contributed by atoms with Gasteiger partial charge in [0.05, 0.1) is 11.9 Å². The maximum atomic E-state index is 6.11. The smallest absolute Gasteiger partial charge is 0.243 e. The van der Waals surface area contributed by atoms with Crippen molar-refractivity contribution in [3.8, 4) is 0 Å². The largest absolute Gasteiger partial charge is 0.352 e. The van der Waals surface area contributed by atoms with Crippen LogP contribution >= 0.6 is 11.6 Å². The van der Waals surface area contributed by atoms with Gasteiger partial charge in [0.15, 0.2) is 11.5 Å². The third kappa shape index (κ3) is 2.76. The van der Waals surface area contributed by atoms with Crippen LogP contribution in [-0.4, -0.2) is 26.6 Å². The number of anilines is 1. The van der Waals surface area contributed by atoms with Gasteiger partial charge < -0.3 is 4.90 Å². The maximum Gasteiger partial charge on any atom is 0.243 e. The van der Waals surface area contributed by atoms with Crippen molar-refractivity contribution in [2.75, 3.05) is 11.9 Å². The molecule has 0 radical (unpaired) electrons. The fourth-order valence-corrected chi connectivity index (χ4v) is 2.60. The van der Waals surface area contributed by atoms with Gasteiger partial charge in [-0.3, -0.25) is 0 Å². The number of halogens is 1. The van der Waals surface area contributed by atoms with Gasteiger partial charge in [0.1, 0.15) is 0 Å². The molecule has 3 aromatic rings. The molecule has 5 nitrogen and oxygen atoms in total. The Morgan fingerprint density at radius 1 is 1.23 bits per heavy atom. The SMILES string of the molecule is CC(C)c1cnc2c(N(C)Cc3ccccc3)nc(Cl)nn12. The molecule has 0 atom stereocenters. The van der Waals surface area contributed by atoms with E-state index >= 15 is 0 Å². The molecule has 0 aliphatic carbocycles. The lowest BCUT2D eigenvalue weighted by Crippen LogP contribution is -2.19. The lowest BCUT2D eigenvalue weighted by atomic mass is 10.2. The molecule has 0 N–H and O–H groups in total. The Morgan fingerprint density at radius 3 is 2.64 bits per heavy atom. The number of imidazole rings is 1. The van der Waals surface area contributed by atoms with E-state index in [1.165, 1.54) is 5.56 Å². The highest BCUT2D eigenvalue weighted by Gasteiger charge is 2.17. The summed E-state index contributed by atoms with van der Waals surface area (Å²) >= 11 is 6.11. The van der Waals surface area contributed by atoms with Gasteiger partial charge in [-0.15, -0.1) is 5.10 Å². The molecule has 3 rings (SSSR count). The van der Waals surface area contributed by atoms with Gasteiger partial charge in [-0.1, -0.05) is 44.2 Å². The summed E-state index contributed by atoms with van der Waals surface area (Å²) in [6.07, 6.45) is 1.84. The van der Waals surface area contributed by atoms with E-state index in [0.717, 1.165) is 23.7 Å². The van der Waals surface area contributed by atoms with Crippen LogP contribution < -0.4 is 4.90 Å². The summed E-state index contributed by atoms with van der Waals surface area (Å²) in [6, 6.07) is 10.2. The molecule has 0 spiro atoms. The first-order valence-electron chi connectivity index (χ1n) is 7.22. The van der Waals surface area contributed by atoms with E-state index in [9.17, 15) is 0 Å². The normalized spacial score (nSPS) is 11.3. The van der Waals surface area contributed by atoms with Gasteiger partial charge in [-0.2, -0.15) is 4.98 Å². The number of nitrogens with zero attached hydrogens (tertiary/aromatic N) is 5. The van der Waals surface area contributed by atoms with Crippen molar-refractivity contribution < 1.29 is 0 Å². The molecule has 0 saturated heterocycles. The van der Waals surface area contributed by atoms with Crippen LogP contribution in [0.25, 0.3) is 5.65 Å². The van der Waals surface area contributed by atoms with E-state index < -0.39 is 0 Å². The summed E-state index contributed by atoms with van der Waals surface area (Å²) in [5, 5.41) is 4.51. The number of benzene rings is 1. The number of hydrogen-bond acceptors (Lipinski definition) is 4. The average molecular weight is 316 g/mol. The first-order chi connectivity index (χ1) is 10.6. The predicted molar refractivity (Wildman–Crippen MR) is 88.4 cm³/mol. The Hall–Kier alpha value is -2.14. The minimum atomic E-state index is 0.224. The van der Waals surface area contributed by atoms with Gasteiger partial charge >= 0.3 is 0 Å². The van der Waals surface area contributed by atoms with Crippen LogP contribution in [0.2, 0.25) is 5.28 Å². The van der Waals surface area contributed by atoms with E-state index in [-0.39, 0.29) is 5.28 Å². The van der Waals surface area contributed by atoms with Crippen molar-refractivity contribution >= 4 is 23.1 Å². The van der Waals surface area contributed by atoms with Gasteiger partial charge in [-0.25, -0.2) is 9.50 Å². The highest BCUT2D eigenvalue weighted by atomic mass is 35.5. The minimum absolute atomic E-state index is 0.224. The second-order valence-electron chi connectivity index (χ2n) is 5.62. The number of rotatable bonds is 4. The van der Waals surface area contributed by atoms with Crippen LogP contribution in [0.3, 0.4) is 0 Å². The zero-order valence-corrected chi connectivity index (χ0v) is 13.6. The molecule has 22 heavy (non-hydrogen) atoms. The van der Waals surface area contributed by atoms with Gasteiger partial charge in [0.25, 0.3) is 0 Å². The first kappa shape index (κ1) is 14.8. The molecule has 0 aliphatic heterocycles. The van der Waals surface area contributed by atoms with Gasteiger partial charge in [0, 0.05) is 13.6 Å². The van der Waals surface area contributed by atoms with Gasteiger partial charge in [0.2, 0.25) is 5.28 Å². The van der Waals surface area contributed by atoms with E-state index in [2.05, 4.69) is 41.0 Å². The fraction of sp³-hybridized carbons (Fsp3) is 0.312. The Morgan fingerprint density at radius 2 is 1.95 bits per heavy atom. The van der Waals surface area contributed by atoms with Crippen LogP contribution in [0.15, 0.2) is 36.5 Å². The Kier molecular flexibility index (Phi) is 3.98. The molecule has 2 heterocycles. The van der Waals surface area contributed by atoms with Gasteiger partial charge in [-0.05, 0) is 23.1 Å². The van der Waals surface area contributed by atoms with Crippen molar-refractivity contribution in [2.24, 2.45) is 0 Å². The van der Waals surface area contributed by atoms with Crippen LogP contribution in [-0.2, 0) is 6.54 Å². The van der Waals surface area contributed by atoms with E-state index in [4.69, 9.17) is 11.6 Å². The summed E-state index contributed by atoms with van der Waals surface area (Å²) in [6.45, 7) is 4.94. The third-order valence-corrected chi connectivity index (χ3v) is 3.72. The predicted octanol–water partition coefficient (Wildman–Crippen LogP) is 3.54. The van der Waals surface area contributed by atoms with Crippen molar-refractivity contribution in [3.05, 3.63) is 53.1 Å². The molecule has 2 aromatic heterocycles. The summed E-state index contributed by atoms with van der Waals surface area (Å²) in [5.41, 5.74) is 2.95. The second-order valence-corrected chi connectivity index (χ2v) is 5.96. The molecule has 0 fully saturated rings. The summed E-state index contributed by atoms with van der Waals surface area (Å²) in [4.78, 5) is 10.9. The lowest BCUT2D eigenvalue weighted by molar-refractivity contribution is 0.746. The van der Waals surface area contributed by atoms with Crippen molar-refractivity contribution in [1.29, 1.82) is 0 Å². The molecule has 0 amide bonds. The molecule has 0 unspecified atom stereocenters. The number of fused-ring (bicyclic) bond motifs is 1. The minimum Gasteiger partial charge on any atom is -0.352 e. The molecule has 6 heteroatoms. The molecule has 114 valence electrons. The van der Waals surface area contributed by atoms with E-state index in [1.54, 1.807) is 4.52 Å². The molecular weight excluding hydrogens is 298 g/mol. The highest BCUT2D eigenvalue weighted by molar-refractivity contribution is 6.28. The Labute approximate surface area is 134 Å². The monoisotopic (exact) mass is 315 g/mol. The highest BCUT2D eigenvalue weighted by Crippen LogP contribution is 2.23. The zero-order chi connectivity index (χ0) is 15.7. The first-order valence-corrected chi connectivity index (χ1v) is 7.60. The second kappa shape index (κ2) is 5.93. The lowest BCUT2D eigenvalue weighted by Gasteiger charge is -2.19. The zero-order valence-electron chi connectivity index (χ0n) is 12.9.